The number of rotatable bonds is 2. The Morgan fingerprint density at radius 1 is 1.23 bits per heavy atom. The van der Waals surface area contributed by atoms with Crippen LogP contribution >= 0.6 is 0 Å². The lowest BCUT2D eigenvalue weighted by atomic mass is 9.83. The fourth-order valence-corrected chi connectivity index (χ4v) is 4.39. The third kappa shape index (κ3) is 2.64. The van der Waals surface area contributed by atoms with Crippen molar-refractivity contribution in [1.82, 2.24) is 9.80 Å². The van der Waals surface area contributed by atoms with E-state index in [4.69, 9.17) is 4.74 Å². The lowest BCUT2D eigenvalue weighted by Gasteiger charge is -2.43. The maximum absolute atomic E-state index is 12.8. The molecule has 0 aromatic carbocycles. The van der Waals surface area contributed by atoms with Gasteiger partial charge in [0, 0.05) is 19.5 Å². The number of amides is 2. The minimum atomic E-state index is -0.523. The van der Waals surface area contributed by atoms with Gasteiger partial charge in [0.2, 0.25) is 11.8 Å². The molecule has 3 fully saturated rings. The van der Waals surface area contributed by atoms with Gasteiger partial charge in [0.25, 0.3) is 0 Å². The van der Waals surface area contributed by atoms with Gasteiger partial charge in [0.05, 0.1) is 6.61 Å². The third-order valence-electron chi connectivity index (χ3n) is 5.47. The van der Waals surface area contributed by atoms with Gasteiger partial charge >= 0.3 is 0 Å². The molecule has 1 saturated carbocycles. The van der Waals surface area contributed by atoms with Crippen LogP contribution in [0, 0.1) is 5.92 Å². The Balaban J connectivity index is 1.84. The van der Waals surface area contributed by atoms with Crippen molar-refractivity contribution in [1.29, 1.82) is 0 Å². The van der Waals surface area contributed by atoms with Gasteiger partial charge in [-0.05, 0) is 38.0 Å². The van der Waals surface area contributed by atoms with Gasteiger partial charge in [-0.1, -0.05) is 20.3 Å². The van der Waals surface area contributed by atoms with Crippen molar-refractivity contribution in [3.63, 3.8) is 0 Å². The maximum Gasteiger partial charge on any atom is 0.247 e. The van der Waals surface area contributed by atoms with E-state index in [9.17, 15) is 9.59 Å². The SMILES string of the molecule is CCC(=O)N1[C@@H](C(=O)N2CCCC2)CO[C@@]12CCC[C@H](C)C2. The molecule has 2 heterocycles. The molecule has 2 amide bonds. The largest absolute Gasteiger partial charge is 0.353 e. The molecular formula is C17H28N2O3. The Hall–Kier alpha value is -1.10. The molecule has 0 unspecified atom stereocenters. The summed E-state index contributed by atoms with van der Waals surface area (Å²) in [6, 6.07) is -0.407. The summed E-state index contributed by atoms with van der Waals surface area (Å²) in [4.78, 5) is 29.2. The first-order valence-corrected chi connectivity index (χ1v) is 8.82. The molecule has 5 heteroatoms. The lowest BCUT2D eigenvalue weighted by Crippen LogP contribution is -2.57. The summed E-state index contributed by atoms with van der Waals surface area (Å²) < 4.78 is 6.14. The van der Waals surface area contributed by atoms with Crippen molar-refractivity contribution in [2.24, 2.45) is 5.92 Å². The molecule has 124 valence electrons. The van der Waals surface area contributed by atoms with Crippen molar-refractivity contribution >= 4 is 11.8 Å². The first-order chi connectivity index (χ1) is 10.6. The Morgan fingerprint density at radius 3 is 2.59 bits per heavy atom. The summed E-state index contributed by atoms with van der Waals surface area (Å²) in [6.45, 7) is 6.11. The molecule has 2 saturated heterocycles. The van der Waals surface area contributed by atoms with Gasteiger partial charge in [0.15, 0.2) is 0 Å². The highest BCUT2D eigenvalue weighted by molar-refractivity contribution is 5.89. The second-order valence-corrected chi connectivity index (χ2v) is 7.12. The number of nitrogens with zero attached hydrogens (tertiary/aromatic N) is 2. The van der Waals surface area contributed by atoms with Crippen LogP contribution in [0.4, 0.5) is 0 Å². The molecule has 3 aliphatic rings. The predicted octanol–water partition coefficient (Wildman–Crippen LogP) is 2.15. The fraction of sp³-hybridized carbons (Fsp3) is 0.882. The van der Waals surface area contributed by atoms with E-state index in [0.717, 1.165) is 45.2 Å². The van der Waals surface area contributed by atoms with Crippen LogP contribution in [0.3, 0.4) is 0 Å². The summed E-state index contributed by atoms with van der Waals surface area (Å²) in [5, 5.41) is 0. The van der Waals surface area contributed by atoms with E-state index >= 15 is 0 Å². The van der Waals surface area contributed by atoms with E-state index in [1.165, 1.54) is 6.42 Å². The van der Waals surface area contributed by atoms with Crippen molar-refractivity contribution in [2.75, 3.05) is 19.7 Å². The van der Waals surface area contributed by atoms with Crippen LogP contribution in [0.2, 0.25) is 0 Å². The molecule has 0 N–H and O–H groups in total. The molecule has 5 nitrogen and oxygen atoms in total. The normalized spacial score (nSPS) is 35.4. The van der Waals surface area contributed by atoms with Crippen molar-refractivity contribution in [2.45, 2.75) is 70.6 Å². The second-order valence-electron chi connectivity index (χ2n) is 7.12. The Morgan fingerprint density at radius 2 is 1.95 bits per heavy atom. The summed E-state index contributed by atoms with van der Waals surface area (Å²) in [5.41, 5.74) is -0.523. The van der Waals surface area contributed by atoms with Crippen LogP contribution in [0.5, 0.6) is 0 Å². The molecule has 0 aromatic rings. The van der Waals surface area contributed by atoms with Crippen LogP contribution in [0.15, 0.2) is 0 Å². The summed E-state index contributed by atoms with van der Waals surface area (Å²) in [7, 11) is 0. The highest BCUT2D eigenvalue weighted by Crippen LogP contribution is 2.43. The zero-order chi connectivity index (χ0) is 15.7. The molecule has 0 aromatic heterocycles. The third-order valence-corrected chi connectivity index (χ3v) is 5.47. The summed E-state index contributed by atoms with van der Waals surface area (Å²) in [6.07, 6.45) is 6.56. The van der Waals surface area contributed by atoms with Crippen molar-refractivity contribution < 1.29 is 14.3 Å². The monoisotopic (exact) mass is 308 g/mol. The average Bonchev–Trinajstić information content (AvgIpc) is 3.14. The smallest absolute Gasteiger partial charge is 0.247 e. The van der Waals surface area contributed by atoms with E-state index in [1.807, 2.05) is 16.7 Å². The number of hydrogen-bond acceptors (Lipinski definition) is 3. The summed E-state index contributed by atoms with van der Waals surface area (Å²) in [5.74, 6) is 0.695. The Kier molecular flexibility index (Phi) is 4.44. The molecule has 3 rings (SSSR count). The number of ether oxygens (including phenoxy) is 1. The quantitative estimate of drug-likeness (QED) is 0.785. The lowest BCUT2D eigenvalue weighted by molar-refractivity contribution is -0.163. The molecule has 0 radical (unpaired) electrons. The number of likely N-dealkylation sites (tertiary alicyclic amines) is 1. The number of hydrogen-bond donors (Lipinski definition) is 0. The van der Waals surface area contributed by atoms with Gasteiger partial charge in [-0.2, -0.15) is 0 Å². The summed E-state index contributed by atoms with van der Waals surface area (Å²) >= 11 is 0. The zero-order valence-electron chi connectivity index (χ0n) is 13.8. The molecule has 0 bridgehead atoms. The van der Waals surface area contributed by atoms with Crippen LogP contribution in [0.25, 0.3) is 0 Å². The van der Waals surface area contributed by atoms with Crippen molar-refractivity contribution in [3.8, 4) is 0 Å². The minimum absolute atomic E-state index is 0.0594. The van der Waals surface area contributed by atoms with Crippen molar-refractivity contribution in [3.05, 3.63) is 0 Å². The molecule has 2 aliphatic heterocycles. The van der Waals surface area contributed by atoms with Gasteiger partial charge in [0.1, 0.15) is 11.8 Å². The number of carbonyl (C=O) groups is 2. The second kappa shape index (κ2) is 6.19. The minimum Gasteiger partial charge on any atom is -0.353 e. The van der Waals surface area contributed by atoms with Gasteiger partial charge < -0.3 is 9.64 Å². The van der Waals surface area contributed by atoms with Crippen LogP contribution < -0.4 is 0 Å². The van der Waals surface area contributed by atoms with Crippen LogP contribution in [-0.4, -0.2) is 53.1 Å². The van der Waals surface area contributed by atoms with E-state index in [-0.39, 0.29) is 11.8 Å². The van der Waals surface area contributed by atoms with Crippen LogP contribution in [-0.2, 0) is 14.3 Å². The number of carbonyl (C=O) groups excluding carboxylic acids is 2. The van der Waals surface area contributed by atoms with E-state index in [1.54, 1.807) is 0 Å². The van der Waals surface area contributed by atoms with Gasteiger partial charge in [-0.15, -0.1) is 0 Å². The first-order valence-electron chi connectivity index (χ1n) is 8.82. The Labute approximate surface area is 133 Å². The standard InChI is InChI=1S/C17H28N2O3/c1-3-15(20)19-14(16(21)18-9-4-5-10-18)12-22-17(19)8-6-7-13(2)11-17/h13-14H,3-12H2,1-2H3/t13-,14+,17+/m0/s1. The molecule has 22 heavy (non-hydrogen) atoms. The predicted molar refractivity (Wildman–Crippen MR) is 83.1 cm³/mol. The van der Waals surface area contributed by atoms with Gasteiger partial charge in [-0.3, -0.25) is 14.5 Å². The van der Waals surface area contributed by atoms with Crippen LogP contribution in [0.1, 0.15) is 58.8 Å². The van der Waals surface area contributed by atoms with Gasteiger partial charge in [-0.25, -0.2) is 0 Å². The maximum atomic E-state index is 12.8. The molecule has 1 spiro atoms. The van der Waals surface area contributed by atoms with E-state index in [2.05, 4.69) is 6.92 Å². The molecular weight excluding hydrogens is 280 g/mol. The molecule has 1 aliphatic carbocycles. The first kappa shape index (κ1) is 15.8. The van der Waals surface area contributed by atoms with E-state index in [0.29, 0.717) is 18.9 Å². The molecule has 3 atom stereocenters. The Bertz CT molecular complexity index is 447. The zero-order valence-corrected chi connectivity index (χ0v) is 13.8. The highest BCUT2D eigenvalue weighted by Gasteiger charge is 2.54. The highest BCUT2D eigenvalue weighted by atomic mass is 16.5. The fourth-order valence-electron chi connectivity index (χ4n) is 4.39. The topological polar surface area (TPSA) is 49.9 Å². The average molecular weight is 308 g/mol. The van der Waals surface area contributed by atoms with E-state index < -0.39 is 11.8 Å².